The van der Waals surface area contributed by atoms with Crippen LogP contribution in [-0.4, -0.2) is 28.9 Å². The predicted molar refractivity (Wildman–Crippen MR) is 57.8 cm³/mol. The summed E-state index contributed by atoms with van der Waals surface area (Å²) in [6.07, 6.45) is 2.05. The second kappa shape index (κ2) is 3.89. The molecule has 82 valence electrons. The van der Waals surface area contributed by atoms with Gasteiger partial charge >= 0.3 is 0 Å². The van der Waals surface area contributed by atoms with E-state index in [0.717, 1.165) is 19.4 Å². The summed E-state index contributed by atoms with van der Waals surface area (Å²) in [5.74, 6) is 0.296. The fourth-order valence-electron chi connectivity index (χ4n) is 2.02. The Morgan fingerprint density at radius 1 is 1.50 bits per heavy atom. The number of piperidine rings is 1. The Hall–Kier alpha value is -0.570. The molecule has 0 aliphatic carbocycles. The molecule has 0 bridgehead atoms. The van der Waals surface area contributed by atoms with E-state index in [-0.39, 0.29) is 23.4 Å². The highest BCUT2D eigenvalue weighted by Crippen LogP contribution is 2.27. The average molecular weight is 198 g/mol. The zero-order chi connectivity index (χ0) is 10.9. The second-order valence-corrected chi connectivity index (χ2v) is 5.05. The first-order valence-corrected chi connectivity index (χ1v) is 5.44. The number of hydrogen-bond donors (Lipinski definition) is 1. The Morgan fingerprint density at radius 2 is 2.07 bits per heavy atom. The van der Waals surface area contributed by atoms with Crippen molar-refractivity contribution in [1.82, 2.24) is 4.90 Å². The van der Waals surface area contributed by atoms with Gasteiger partial charge in [-0.25, -0.2) is 0 Å². The molecule has 1 rings (SSSR count). The van der Waals surface area contributed by atoms with E-state index in [4.69, 9.17) is 5.73 Å². The van der Waals surface area contributed by atoms with Crippen molar-refractivity contribution in [2.45, 2.75) is 52.1 Å². The number of amides is 1. The summed E-state index contributed by atoms with van der Waals surface area (Å²) in [5.41, 5.74) is 5.87. The predicted octanol–water partition coefficient (Wildman–Crippen LogP) is 1.37. The van der Waals surface area contributed by atoms with Gasteiger partial charge in [0, 0.05) is 18.5 Å². The van der Waals surface area contributed by atoms with Crippen LogP contribution in [0.5, 0.6) is 0 Å². The number of hydrogen-bond acceptors (Lipinski definition) is 2. The third kappa shape index (κ3) is 1.92. The molecule has 0 radical (unpaired) electrons. The Bertz CT molecular complexity index is 223. The summed E-state index contributed by atoms with van der Waals surface area (Å²) in [7, 11) is 0. The molecule has 1 aliphatic rings. The van der Waals surface area contributed by atoms with Gasteiger partial charge in [0.25, 0.3) is 0 Å². The lowest BCUT2D eigenvalue weighted by atomic mass is 9.85. The van der Waals surface area contributed by atoms with E-state index in [2.05, 4.69) is 13.8 Å². The lowest BCUT2D eigenvalue weighted by Gasteiger charge is -2.47. The van der Waals surface area contributed by atoms with Crippen LogP contribution in [0.3, 0.4) is 0 Å². The van der Waals surface area contributed by atoms with E-state index < -0.39 is 0 Å². The van der Waals surface area contributed by atoms with E-state index in [0.29, 0.717) is 0 Å². The standard InChI is InChI=1S/C11H22N2O/c1-8(2)10(14)13-7-5-6-9(12)11(13,3)4/h8-9H,5-7,12H2,1-4H3. The Labute approximate surface area is 86.6 Å². The van der Waals surface area contributed by atoms with Crippen molar-refractivity contribution in [2.75, 3.05) is 6.54 Å². The van der Waals surface area contributed by atoms with Gasteiger partial charge in [0.1, 0.15) is 0 Å². The van der Waals surface area contributed by atoms with Crippen LogP contribution in [0.25, 0.3) is 0 Å². The van der Waals surface area contributed by atoms with Crippen molar-refractivity contribution in [3.05, 3.63) is 0 Å². The molecule has 1 amide bonds. The van der Waals surface area contributed by atoms with Crippen molar-refractivity contribution >= 4 is 5.91 Å². The summed E-state index contributed by atoms with van der Waals surface area (Å²) >= 11 is 0. The average Bonchev–Trinajstić information content (AvgIpc) is 2.08. The summed E-state index contributed by atoms with van der Waals surface area (Å²) in [5, 5.41) is 0. The highest BCUT2D eigenvalue weighted by molar-refractivity contribution is 5.79. The van der Waals surface area contributed by atoms with Crippen molar-refractivity contribution in [3.63, 3.8) is 0 Å². The Kier molecular flexibility index (Phi) is 3.20. The van der Waals surface area contributed by atoms with E-state index >= 15 is 0 Å². The van der Waals surface area contributed by atoms with E-state index in [1.54, 1.807) is 0 Å². The normalized spacial score (nSPS) is 26.7. The van der Waals surface area contributed by atoms with E-state index in [1.165, 1.54) is 0 Å². The lowest BCUT2D eigenvalue weighted by Crippen LogP contribution is -2.62. The van der Waals surface area contributed by atoms with Gasteiger partial charge in [-0.2, -0.15) is 0 Å². The topological polar surface area (TPSA) is 46.3 Å². The molecule has 1 unspecified atom stereocenters. The van der Waals surface area contributed by atoms with Crippen LogP contribution < -0.4 is 5.73 Å². The molecule has 1 atom stereocenters. The van der Waals surface area contributed by atoms with Crippen molar-refractivity contribution in [1.29, 1.82) is 0 Å². The zero-order valence-electron chi connectivity index (χ0n) is 9.71. The maximum Gasteiger partial charge on any atom is 0.225 e. The summed E-state index contributed by atoms with van der Waals surface area (Å²) in [4.78, 5) is 13.9. The van der Waals surface area contributed by atoms with Crippen molar-refractivity contribution in [2.24, 2.45) is 11.7 Å². The number of nitrogens with zero attached hydrogens (tertiary/aromatic N) is 1. The molecule has 14 heavy (non-hydrogen) atoms. The number of carbonyl (C=O) groups is 1. The van der Waals surface area contributed by atoms with Crippen LogP contribution >= 0.6 is 0 Å². The first-order valence-electron chi connectivity index (χ1n) is 5.44. The molecular weight excluding hydrogens is 176 g/mol. The molecular formula is C11H22N2O. The van der Waals surface area contributed by atoms with Crippen LogP contribution in [0.1, 0.15) is 40.5 Å². The molecule has 0 aromatic rings. The van der Waals surface area contributed by atoms with Gasteiger partial charge in [-0.1, -0.05) is 13.8 Å². The maximum absolute atomic E-state index is 11.9. The highest BCUT2D eigenvalue weighted by Gasteiger charge is 2.39. The number of nitrogens with two attached hydrogens (primary N) is 1. The number of rotatable bonds is 1. The molecule has 1 heterocycles. The molecule has 1 aliphatic heterocycles. The molecule has 0 spiro atoms. The van der Waals surface area contributed by atoms with Gasteiger partial charge in [0.15, 0.2) is 0 Å². The van der Waals surface area contributed by atoms with Gasteiger partial charge in [-0.05, 0) is 26.7 Å². The van der Waals surface area contributed by atoms with Crippen LogP contribution in [0.15, 0.2) is 0 Å². The molecule has 3 nitrogen and oxygen atoms in total. The molecule has 2 N–H and O–H groups in total. The summed E-state index contributed by atoms with van der Waals surface area (Å²) in [6, 6.07) is 0.110. The first kappa shape index (κ1) is 11.5. The molecule has 1 fully saturated rings. The molecule has 0 saturated carbocycles. The third-order valence-electron chi connectivity index (χ3n) is 3.26. The Balaban J connectivity index is 2.81. The van der Waals surface area contributed by atoms with Gasteiger partial charge < -0.3 is 10.6 Å². The van der Waals surface area contributed by atoms with Crippen molar-refractivity contribution < 1.29 is 4.79 Å². The lowest BCUT2D eigenvalue weighted by molar-refractivity contribution is -0.142. The maximum atomic E-state index is 11.9. The number of carbonyl (C=O) groups excluding carboxylic acids is 1. The summed E-state index contributed by atoms with van der Waals surface area (Å²) in [6.45, 7) is 8.88. The second-order valence-electron chi connectivity index (χ2n) is 5.05. The van der Waals surface area contributed by atoms with Crippen molar-refractivity contribution in [3.8, 4) is 0 Å². The van der Waals surface area contributed by atoms with Gasteiger partial charge in [0.2, 0.25) is 5.91 Å². The van der Waals surface area contributed by atoms with Crippen LogP contribution in [0, 0.1) is 5.92 Å². The monoisotopic (exact) mass is 198 g/mol. The first-order chi connectivity index (χ1) is 6.37. The Morgan fingerprint density at radius 3 is 2.57 bits per heavy atom. The quantitative estimate of drug-likeness (QED) is 0.691. The minimum atomic E-state index is -0.181. The molecule has 3 heteroatoms. The number of likely N-dealkylation sites (tertiary alicyclic amines) is 1. The SMILES string of the molecule is CC(C)C(=O)N1CCCC(N)C1(C)C. The van der Waals surface area contributed by atoms with Crippen LogP contribution in [0.2, 0.25) is 0 Å². The van der Waals surface area contributed by atoms with E-state index in [9.17, 15) is 4.79 Å². The molecule has 0 aromatic carbocycles. The van der Waals surface area contributed by atoms with Crippen LogP contribution in [-0.2, 0) is 4.79 Å². The zero-order valence-corrected chi connectivity index (χ0v) is 9.71. The third-order valence-corrected chi connectivity index (χ3v) is 3.26. The smallest absolute Gasteiger partial charge is 0.225 e. The molecule has 0 aromatic heterocycles. The van der Waals surface area contributed by atoms with Gasteiger partial charge in [0.05, 0.1) is 5.54 Å². The van der Waals surface area contributed by atoms with Crippen LogP contribution in [0.4, 0.5) is 0 Å². The van der Waals surface area contributed by atoms with E-state index in [1.807, 2.05) is 18.7 Å². The largest absolute Gasteiger partial charge is 0.336 e. The fraction of sp³-hybridized carbons (Fsp3) is 0.909. The highest BCUT2D eigenvalue weighted by atomic mass is 16.2. The minimum Gasteiger partial charge on any atom is -0.336 e. The molecule has 1 saturated heterocycles. The van der Waals surface area contributed by atoms with Gasteiger partial charge in [-0.15, -0.1) is 0 Å². The fourth-order valence-corrected chi connectivity index (χ4v) is 2.02. The summed E-state index contributed by atoms with van der Waals surface area (Å²) < 4.78 is 0. The van der Waals surface area contributed by atoms with Gasteiger partial charge in [-0.3, -0.25) is 4.79 Å². The minimum absolute atomic E-state index is 0.0691.